The predicted molar refractivity (Wildman–Crippen MR) is 107 cm³/mol. The third-order valence-corrected chi connectivity index (χ3v) is 5.02. The van der Waals surface area contributed by atoms with Crippen LogP contribution in [0.5, 0.6) is 0 Å². The maximum Gasteiger partial charge on any atom is 0.269 e. The molecule has 1 aromatic heterocycles. The molecule has 0 aliphatic rings. The van der Waals surface area contributed by atoms with Crippen LogP contribution in [0.25, 0.3) is 11.3 Å². The first-order valence-corrected chi connectivity index (χ1v) is 9.03. The number of nitro groups is 1. The Morgan fingerprint density at radius 3 is 2.58 bits per heavy atom. The van der Waals surface area contributed by atoms with Gasteiger partial charge < -0.3 is 0 Å². The van der Waals surface area contributed by atoms with Gasteiger partial charge >= 0.3 is 0 Å². The number of rotatable bonds is 5. The molecule has 0 aliphatic carbocycles. The molecule has 6 nitrogen and oxygen atoms in total. The average Bonchev–Trinajstić information content (AvgIpc) is 3.11. The number of thiazole rings is 1. The van der Waals surface area contributed by atoms with E-state index < -0.39 is 4.92 Å². The molecule has 132 valence electrons. The third kappa shape index (κ3) is 4.19. The second-order valence-electron chi connectivity index (χ2n) is 5.28. The predicted octanol–water partition coefficient (Wildman–Crippen LogP) is 5.86. The molecule has 0 radical (unpaired) electrons. The van der Waals surface area contributed by atoms with Crippen molar-refractivity contribution in [3.05, 3.63) is 73.6 Å². The molecule has 0 saturated carbocycles. The van der Waals surface area contributed by atoms with Gasteiger partial charge in [-0.15, -0.1) is 11.3 Å². The van der Waals surface area contributed by atoms with Gasteiger partial charge in [-0.2, -0.15) is 5.10 Å². The van der Waals surface area contributed by atoms with Crippen molar-refractivity contribution in [2.45, 2.75) is 6.92 Å². The largest absolute Gasteiger partial charge is 0.269 e. The van der Waals surface area contributed by atoms with E-state index in [4.69, 9.17) is 23.2 Å². The van der Waals surface area contributed by atoms with Crippen LogP contribution in [0.4, 0.5) is 10.8 Å². The number of nitrogens with zero attached hydrogens (tertiary/aromatic N) is 3. The number of aromatic nitrogens is 1. The van der Waals surface area contributed by atoms with Gasteiger partial charge in [-0.25, -0.2) is 4.98 Å². The van der Waals surface area contributed by atoms with Crippen molar-refractivity contribution in [3.63, 3.8) is 0 Å². The molecule has 0 spiro atoms. The van der Waals surface area contributed by atoms with E-state index in [1.165, 1.54) is 23.5 Å². The Morgan fingerprint density at radius 2 is 1.92 bits per heavy atom. The lowest BCUT2D eigenvalue weighted by Crippen LogP contribution is -2.00. The molecule has 1 heterocycles. The molecule has 0 aliphatic heterocycles. The van der Waals surface area contributed by atoms with Crippen molar-refractivity contribution in [1.82, 2.24) is 4.98 Å². The lowest BCUT2D eigenvalue weighted by Gasteiger charge is -2.01. The molecule has 0 unspecified atom stereocenters. The lowest BCUT2D eigenvalue weighted by atomic mass is 10.1. The van der Waals surface area contributed by atoms with Gasteiger partial charge in [-0.3, -0.25) is 15.5 Å². The van der Waals surface area contributed by atoms with Crippen molar-refractivity contribution in [1.29, 1.82) is 0 Å². The molecule has 0 saturated heterocycles. The fourth-order valence-corrected chi connectivity index (χ4v) is 3.09. The molecular weight excluding hydrogens is 395 g/mol. The molecule has 0 bridgehead atoms. The second-order valence-corrected chi connectivity index (χ2v) is 6.95. The third-order valence-electron chi connectivity index (χ3n) is 3.53. The van der Waals surface area contributed by atoms with Crippen LogP contribution in [-0.4, -0.2) is 15.6 Å². The van der Waals surface area contributed by atoms with Crippen LogP contribution in [-0.2, 0) is 0 Å². The zero-order valence-electron chi connectivity index (χ0n) is 13.4. The van der Waals surface area contributed by atoms with Gasteiger partial charge in [-0.1, -0.05) is 29.3 Å². The van der Waals surface area contributed by atoms with Gasteiger partial charge in [0, 0.05) is 23.1 Å². The summed E-state index contributed by atoms with van der Waals surface area (Å²) < 4.78 is 0. The Balaban J connectivity index is 1.73. The summed E-state index contributed by atoms with van der Waals surface area (Å²) in [6.45, 7) is 1.81. The van der Waals surface area contributed by atoms with E-state index in [0.717, 1.165) is 16.8 Å². The van der Waals surface area contributed by atoms with Crippen molar-refractivity contribution in [2.75, 3.05) is 5.43 Å². The Hall–Kier alpha value is -2.48. The standard InChI is InChI=1S/C17H12Cl2N4O2S/c1-10(11-2-5-13(6-3-11)23(24)25)21-22-17-20-16(9-26-17)12-4-7-14(18)15(19)8-12/h2-9H,1H3,(H,20,22)/b21-10-. The van der Waals surface area contributed by atoms with Crippen LogP contribution in [0.3, 0.4) is 0 Å². The number of hydrogen-bond acceptors (Lipinski definition) is 6. The Kier molecular flexibility index (Phi) is 5.51. The van der Waals surface area contributed by atoms with Gasteiger partial charge in [0.05, 0.1) is 26.4 Å². The van der Waals surface area contributed by atoms with Crippen LogP contribution < -0.4 is 5.43 Å². The highest BCUT2D eigenvalue weighted by Crippen LogP contribution is 2.30. The minimum atomic E-state index is -0.436. The zero-order valence-corrected chi connectivity index (χ0v) is 15.8. The number of nitro benzene ring substituents is 1. The van der Waals surface area contributed by atoms with Crippen LogP contribution >= 0.6 is 34.5 Å². The first-order valence-electron chi connectivity index (χ1n) is 7.40. The normalized spacial score (nSPS) is 11.4. The quantitative estimate of drug-likeness (QED) is 0.326. The summed E-state index contributed by atoms with van der Waals surface area (Å²) in [6.07, 6.45) is 0. The summed E-state index contributed by atoms with van der Waals surface area (Å²) in [5, 5.41) is 18.4. The summed E-state index contributed by atoms with van der Waals surface area (Å²) in [5.74, 6) is 0. The van der Waals surface area contributed by atoms with E-state index in [2.05, 4.69) is 15.5 Å². The van der Waals surface area contributed by atoms with E-state index in [1.54, 1.807) is 24.3 Å². The Bertz CT molecular complexity index is 987. The second kappa shape index (κ2) is 7.82. The Labute approximate surface area is 163 Å². The highest BCUT2D eigenvalue weighted by molar-refractivity contribution is 7.14. The molecule has 2 aromatic carbocycles. The smallest absolute Gasteiger partial charge is 0.258 e. The average molecular weight is 407 g/mol. The van der Waals surface area contributed by atoms with Gasteiger partial charge in [0.1, 0.15) is 0 Å². The van der Waals surface area contributed by atoms with Crippen LogP contribution in [0, 0.1) is 10.1 Å². The molecular formula is C17H12Cl2N4O2S. The number of hydrogen-bond donors (Lipinski definition) is 1. The summed E-state index contributed by atoms with van der Waals surface area (Å²) in [7, 11) is 0. The summed E-state index contributed by atoms with van der Waals surface area (Å²) >= 11 is 13.4. The molecule has 1 N–H and O–H groups in total. The van der Waals surface area contributed by atoms with Gasteiger partial charge in [0.2, 0.25) is 5.13 Å². The first-order chi connectivity index (χ1) is 12.4. The van der Waals surface area contributed by atoms with E-state index in [9.17, 15) is 10.1 Å². The van der Waals surface area contributed by atoms with Crippen LogP contribution in [0.15, 0.2) is 52.9 Å². The number of halogens is 2. The zero-order chi connectivity index (χ0) is 18.7. The number of anilines is 1. The van der Waals surface area contributed by atoms with E-state index >= 15 is 0 Å². The topological polar surface area (TPSA) is 80.4 Å². The van der Waals surface area contributed by atoms with Gasteiger partial charge in [0.15, 0.2) is 0 Å². The molecule has 3 aromatic rings. The number of hydrazone groups is 1. The van der Waals surface area contributed by atoms with Crippen LogP contribution in [0.1, 0.15) is 12.5 Å². The molecule has 26 heavy (non-hydrogen) atoms. The van der Waals surface area contributed by atoms with Crippen molar-refractivity contribution >= 4 is 51.1 Å². The van der Waals surface area contributed by atoms with Crippen LogP contribution in [0.2, 0.25) is 10.0 Å². The maximum atomic E-state index is 10.7. The summed E-state index contributed by atoms with van der Waals surface area (Å²) in [5.41, 5.74) is 6.03. The molecule has 0 amide bonds. The number of benzene rings is 2. The monoisotopic (exact) mass is 406 g/mol. The van der Waals surface area contributed by atoms with Gasteiger partial charge in [-0.05, 0) is 36.8 Å². The van der Waals surface area contributed by atoms with Crippen molar-refractivity contribution in [3.8, 4) is 11.3 Å². The highest BCUT2D eigenvalue weighted by atomic mass is 35.5. The highest BCUT2D eigenvalue weighted by Gasteiger charge is 2.08. The van der Waals surface area contributed by atoms with Gasteiger partial charge in [0.25, 0.3) is 5.69 Å². The van der Waals surface area contributed by atoms with E-state index in [1.807, 2.05) is 18.4 Å². The SMILES string of the molecule is C/C(=N/Nc1nc(-c2ccc(Cl)c(Cl)c2)cs1)c1ccc([N+](=O)[O-])cc1. The minimum Gasteiger partial charge on any atom is -0.258 e. The molecule has 0 fully saturated rings. The molecule has 0 atom stereocenters. The van der Waals surface area contributed by atoms with Crippen molar-refractivity contribution in [2.24, 2.45) is 5.10 Å². The summed E-state index contributed by atoms with van der Waals surface area (Å²) in [6, 6.07) is 11.5. The fraction of sp³-hybridized carbons (Fsp3) is 0.0588. The van der Waals surface area contributed by atoms with E-state index in [-0.39, 0.29) is 5.69 Å². The van der Waals surface area contributed by atoms with Crippen molar-refractivity contribution < 1.29 is 4.92 Å². The molecule has 3 rings (SSSR count). The lowest BCUT2D eigenvalue weighted by molar-refractivity contribution is -0.384. The minimum absolute atomic E-state index is 0.0423. The summed E-state index contributed by atoms with van der Waals surface area (Å²) in [4.78, 5) is 14.7. The number of nitrogens with one attached hydrogen (secondary N) is 1. The maximum absolute atomic E-state index is 10.7. The first kappa shape index (κ1) is 18.3. The molecule has 9 heteroatoms. The Morgan fingerprint density at radius 1 is 1.19 bits per heavy atom. The number of non-ortho nitro benzene ring substituents is 1. The van der Waals surface area contributed by atoms with E-state index in [0.29, 0.717) is 20.9 Å². The fourth-order valence-electron chi connectivity index (χ4n) is 2.13.